The summed E-state index contributed by atoms with van der Waals surface area (Å²) >= 11 is 0. The molecule has 1 heterocycles. The molecule has 0 bridgehead atoms. The summed E-state index contributed by atoms with van der Waals surface area (Å²) in [5, 5.41) is 3.64. The van der Waals surface area contributed by atoms with Crippen molar-refractivity contribution >= 4 is 7.85 Å². The van der Waals surface area contributed by atoms with Gasteiger partial charge in [-0.15, -0.1) is 0 Å². The lowest BCUT2D eigenvalue weighted by Crippen LogP contribution is -2.44. The Kier molecular flexibility index (Phi) is 2.84. The van der Waals surface area contributed by atoms with Gasteiger partial charge in [-0.25, -0.2) is 0 Å². The van der Waals surface area contributed by atoms with E-state index in [0.29, 0.717) is 6.04 Å². The molecule has 15 heavy (non-hydrogen) atoms. The minimum Gasteiger partial charge on any atom is -0.385 e. The molecule has 0 aromatic heterocycles. The van der Waals surface area contributed by atoms with Crippen molar-refractivity contribution in [2.75, 3.05) is 0 Å². The SMILES string of the molecule is BC1(N)CCCC2C(C)=C(C)NC2CC1. The summed E-state index contributed by atoms with van der Waals surface area (Å²) in [5.41, 5.74) is 9.32. The molecule has 2 rings (SSSR count). The quantitative estimate of drug-likeness (QED) is 0.583. The van der Waals surface area contributed by atoms with E-state index in [2.05, 4.69) is 27.0 Å². The number of nitrogens with two attached hydrogens (primary N) is 1. The third-order valence-corrected chi connectivity index (χ3v) is 4.32. The van der Waals surface area contributed by atoms with Crippen LogP contribution in [0.3, 0.4) is 0 Å². The van der Waals surface area contributed by atoms with Gasteiger partial charge in [0.05, 0.1) is 0 Å². The number of nitrogens with one attached hydrogen (secondary N) is 1. The predicted molar refractivity (Wildman–Crippen MR) is 67.3 cm³/mol. The second kappa shape index (κ2) is 3.86. The van der Waals surface area contributed by atoms with Crippen molar-refractivity contribution in [2.24, 2.45) is 11.7 Å². The average Bonchev–Trinajstić information content (AvgIpc) is 2.40. The number of hydrogen-bond acceptors (Lipinski definition) is 2. The number of allylic oxidation sites excluding steroid dienone is 1. The maximum Gasteiger partial charge on any atom is 0.127 e. The Morgan fingerprint density at radius 3 is 2.80 bits per heavy atom. The Bertz CT molecular complexity index is 283. The van der Waals surface area contributed by atoms with E-state index in [-0.39, 0.29) is 5.44 Å². The first kappa shape index (κ1) is 11.1. The normalized spacial score (nSPS) is 41.8. The van der Waals surface area contributed by atoms with Gasteiger partial charge in [-0.3, -0.25) is 0 Å². The van der Waals surface area contributed by atoms with Crippen LogP contribution >= 0.6 is 0 Å². The summed E-state index contributed by atoms with van der Waals surface area (Å²) in [4.78, 5) is 0. The fourth-order valence-electron chi connectivity index (χ4n) is 3.10. The Morgan fingerprint density at radius 1 is 1.33 bits per heavy atom. The number of hydrogen-bond donors (Lipinski definition) is 2. The highest BCUT2D eigenvalue weighted by molar-refractivity contribution is 6.15. The van der Waals surface area contributed by atoms with E-state index < -0.39 is 0 Å². The fourth-order valence-corrected chi connectivity index (χ4v) is 3.10. The van der Waals surface area contributed by atoms with Crippen LogP contribution in [0.15, 0.2) is 11.3 Å². The zero-order valence-corrected chi connectivity index (χ0v) is 10.3. The second-order valence-corrected chi connectivity index (χ2v) is 5.75. The highest BCUT2D eigenvalue weighted by Crippen LogP contribution is 2.35. The van der Waals surface area contributed by atoms with Crippen molar-refractivity contribution < 1.29 is 0 Å². The van der Waals surface area contributed by atoms with E-state index in [9.17, 15) is 0 Å². The predicted octanol–water partition coefficient (Wildman–Crippen LogP) is 1.12. The summed E-state index contributed by atoms with van der Waals surface area (Å²) in [6, 6.07) is 0.660. The molecule has 0 aromatic carbocycles. The highest BCUT2D eigenvalue weighted by atomic mass is 15.0. The van der Waals surface area contributed by atoms with Crippen LogP contribution in [-0.2, 0) is 0 Å². The Labute approximate surface area is 94.1 Å². The molecule has 0 saturated heterocycles. The van der Waals surface area contributed by atoms with Crippen LogP contribution in [0.5, 0.6) is 0 Å². The standard InChI is InChI=1S/C12H23BN2/c1-8-9(2)15-11-5-7-12(13,14)6-3-4-10(8)11/h10-11,15H,3-7,13-14H2,1-2H3. The molecule has 2 aliphatic rings. The summed E-state index contributed by atoms with van der Waals surface area (Å²) in [6.07, 6.45) is 6.16. The Morgan fingerprint density at radius 2 is 2.07 bits per heavy atom. The smallest absolute Gasteiger partial charge is 0.127 e. The van der Waals surface area contributed by atoms with Crippen molar-refractivity contribution in [2.45, 2.75) is 57.4 Å². The molecular formula is C12H23BN2. The maximum absolute atomic E-state index is 6.26. The number of fused-ring (bicyclic) bond motifs is 1. The van der Waals surface area contributed by atoms with Crippen LogP contribution in [0.2, 0.25) is 0 Å². The largest absolute Gasteiger partial charge is 0.385 e. The van der Waals surface area contributed by atoms with Gasteiger partial charge in [0, 0.05) is 17.7 Å². The third kappa shape index (κ3) is 2.22. The van der Waals surface area contributed by atoms with Crippen LogP contribution < -0.4 is 11.1 Å². The molecule has 2 nitrogen and oxygen atoms in total. The van der Waals surface area contributed by atoms with Gasteiger partial charge in [-0.05, 0) is 50.5 Å². The molecule has 1 aliphatic carbocycles. The minimum absolute atomic E-state index is 0.0665. The van der Waals surface area contributed by atoms with Crippen LogP contribution in [-0.4, -0.2) is 19.3 Å². The maximum atomic E-state index is 6.26. The van der Waals surface area contributed by atoms with Gasteiger partial charge in [0.1, 0.15) is 7.85 Å². The van der Waals surface area contributed by atoms with Crippen molar-refractivity contribution in [1.29, 1.82) is 0 Å². The van der Waals surface area contributed by atoms with E-state index in [1.165, 1.54) is 31.4 Å². The first-order chi connectivity index (χ1) is 6.99. The fraction of sp³-hybridized carbons (Fsp3) is 0.833. The topological polar surface area (TPSA) is 38.0 Å². The van der Waals surface area contributed by atoms with E-state index in [1.807, 2.05) is 0 Å². The summed E-state index contributed by atoms with van der Waals surface area (Å²) < 4.78 is 0. The van der Waals surface area contributed by atoms with Crippen LogP contribution in [0.4, 0.5) is 0 Å². The van der Waals surface area contributed by atoms with Crippen molar-refractivity contribution in [1.82, 2.24) is 5.32 Å². The molecule has 3 heteroatoms. The molecule has 84 valence electrons. The molecule has 3 atom stereocenters. The Balaban J connectivity index is 2.07. The second-order valence-electron chi connectivity index (χ2n) is 5.75. The number of rotatable bonds is 0. The molecule has 1 fully saturated rings. The van der Waals surface area contributed by atoms with Gasteiger partial charge in [-0.2, -0.15) is 0 Å². The zero-order valence-electron chi connectivity index (χ0n) is 10.3. The molecule has 0 spiro atoms. The highest BCUT2D eigenvalue weighted by Gasteiger charge is 2.33. The minimum atomic E-state index is 0.0665. The molecular weight excluding hydrogens is 183 g/mol. The first-order valence-electron chi connectivity index (χ1n) is 6.22. The average molecular weight is 206 g/mol. The van der Waals surface area contributed by atoms with Gasteiger partial charge < -0.3 is 11.1 Å². The summed E-state index contributed by atoms with van der Waals surface area (Å²) in [7, 11) is 2.20. The van der Waals surface area contributed by atoms with Gasteiger partial charge >= 0.3 is 0 Å². The molecule has 0 aromatic rings. The molecule has 0 amide bonds. The lowest BCUT2D eigenvalue weighted by molar-refractivity contribution is 0.323. The first-order valence-corrected chi connectivity index (χ1v) is 6.22. The van der Waals surface area contributed by atoms with Crippen molar-refractivity contribution in [3.8, 4) is 0 Å². The Hall–Kier alpha value is -0.435. The van der Waals surface area contributed by atoms with E-state index in [4.69, 9.17) is 5.73 Å². The van der Waals surface area contributed by atoms with Gasteiger partial charge in [0.2, 0.25) is 0 Å². The van der Waals surface area contributed by atoms with E-state index in [0.717, 1.165) is 12.3 Å². The molecule has 3 unspecified atom stereocenters. The van der Waals surface area contributed by atoms with Gasteiger partial charge in [0.15, 0.2) is 0 Å². The third-order valence-electron chi connectivity index (χ3n) is 4.32. The molecule has 1 aliphatic heterocycles. The molecule has 3 N–H and O–H groups in total. The van der Waals surface area contributed by atoms with Gasteiger partial charge in [-0.1, -0.05) is 6.42 Å². The van der Waals surface area contributed by atoms with Crippen LogP contribution in [0, 0.1) is 5.92 Å². The monoisotopic (exact) mass is 206 g/mol. The zero-order chi connectivity index (χ0) is 11.1. The van der Waals surface area contributed by atoms with Crippen LogP contribution in [0.1, 0.15) is 46.0 Å². The summed E-state index contributed by atoms with van der Waals surface area (Å²) in [5.74, 6) is 0.779. The van der Waals surface area contributed by atoms with Crippen molar-refractivity contribution in [3.05, 3.63) is 11.3 Å². The van der Waals surface area contributed by atoms with Gasteiger partial charge in [0.25, 0.3) is 0 Å². The summed E-state index contributed by atoms with van der Waals surface area (Å²) in [6.45, 7) is 4.50. The molecule has 1 saturated carbocycles. The van der Waals surface area contributed by atoms with Crippen LogP contribution in [0.25, 0.3) is 0 Å². The lowest BCUT2D eigenvalue weighted by Gasteiger charge is -2.32. The van der Waals surface area contributed by atoms with E-state index >= 15 is 0 Å². The van der Waals surface area contributed by atoms with E-state index in [1.54, 1.807) is 5.57 Å². The van der Waals surface area contributed by atoms with Crippen molar-refractivity contribution in [3.63, 3.8) is 0 Å². The molecule has 0 radical (unpaired) electrons. The lowest BCUT2D eigenvalue weighted by atomic mass is 9.68.